The van der Waals surface area contributed by atoms with Gasteiger partial charge in [0.15, 0.2) is 0 Å². The average molecular weight is 434 g/mol. The molecule has 7 nitrogen and oxygen atoms in total. The first-order chi connectivity index (χ1) is 15.5. The maximum absolute atomic E-state index is 12.2. The Morgan fingerprint density at radius 1 is 1.19 bits per heavy atom. The number of hydrazone groups is 1. The largest absolute Gasteiger partial charge is 0.390 e. The molecule has 0 bridgehead atoms. The summed E-state index contributed by atoms with van der Waals surface area (Å²) < 4.78 is 2.07. The molecule has 0 unspecified atom stereocenters. The number of carbonyl (C=O) groups excluding carboxylic acids is 1. The molecule has 1 aliphatic rings. The van der Waals surface area contributed by atoms with E-state index in [0.29, 0.717) is 30.7 Å². The highest BCUT2D eigenvalue weighted by Crippen LogP contribution is 2.24. The Morgan fingerprint density at radius 2 is 1.91 bits per heavy atom. The van der Waals surface area contributed by atoms with Crippen LogP contribution in [0, 0.1) is 0 Å². The molecule has 4 rings (SSSR count). The van der Waals surface area contributed by atoms with Gasteiger partial charge in [-0.3, -0.25) is 14.7 Å². The lowest BCUT2D eigenvalue weighted by molar-refractivity contribution is 0.0352. The summed E-state index contributed by atoms with van der Waals surface area (Å²) in [6, 6.07) is 12.3. The fraction of sp³-hybridized carbons (Fsp3) is 0.400. The maximum Gasteiger partial charge on any atom is 0.271 e. The smallest absolute Gasteiger partial charge is 0.271 e. The number of fused-ring (bicyclic) bond motifs is 1. The Bertz CT molecular complexity index is 1070. The third-order valence-electron chi connectivity index (χ3n) is 6.34. The zero-order chi connectivity index (χ0) is 22.5. The molecule has 3 heterocycles. The van der Waals surface area contributed by atoms with Crippen LogP contribution in [0.1, 0.15) is 49.0 Å². The van der Waals surface area contributed by atoms with E-state index < -0.39 is 6.10 Å². The van der Waals surface area contributed by atoms with Gasteiger partial charge in [0.2, 0.25) is 0 Å². The number of benzene rings is 1. The van der Waals surface area contributed by atoms with Crippen LogP contribution in [0.4, 0.5) is 0 Å². The number of aliphatic hydroxyl groups is 1. The van der Waals surface area contributed by atoms with Gasteiger partial charge in [-0.05, 0) is 44.9 Å². The highest BCUT2D eigenvalue weighted by Gasteiger charge is 2.26. The number of β-amino-alcohol motifs (C(OH)–C–C–N with tert-alkyl or cyclic N) is 1. The zero-order valence-electron chi connectivity index (χ0n) is 18.7. The molecule has 32 heavy (non-hydrogen) atoms. The second kappa shape index (κ2) is 10.1. The van der Waals surface area contributed by atoms with Gasteiger partial charge in [-0.2, -0.15) is 5.10 Å². The molecular weight excluding hydrogens is 402 g/mol. The second-order valence-electron chi connectivity index (χ2n) is 8.67. The predicted octanol–water partition coefficient (Wildman–Crippen LogP) is 3.42. The average Bonchev–Trinajstić information content (AvgIpc) is 3.14. The van der Waals surface area contributed by atoms with Crippen molar-refractivity contribution in [2.45, 2.75) is 57.8 Å². The number of aromatic nitrogens is 2. The van der Waals surface area contributed by atoms with Crippen LogP contribution in [0.2, 0.25) is 0 Å². The molecule has 3 aromatic rings. The lowest BCUT2D eigenvalue weighted by atomic mass is 9.97. The number of pyridine rings is 1. The van der Waals surface area contributed by atoms with Crippen LogP contribution in [-0.2, 0) is 6.54 Å². The maximum atomic E-state index is 12.2. The summed E-state index contributed by atoms with van der Waals surface area (Å²) in [5.41, 5.74) is 4.99. The van der Waals surface area contributed by atoms with Gasteiger partial charge in [-0.15, -0.1) is 0 Å². The van der Waals surface area contributed by atoms with Crippen molar-refractivity contribution < 1.29 is 9.90 Å². The first-order valence-electron chi connectivity index (χ1n) is 11.3. The normalized spacial score (nSPS) is 20.6. The Balaban J connectivity index is 1.47. The van der Waals surface area contributed by atoms with Crippen LogP contribution < -0.4 is 5.43 Å². The number of aliphatic hydroxyl groups excluding tert-OH is 1. The van der Waals surface area contributed by atoms with E-state index in [1.165, 1.54) is 19.3 Å². The van der Waals surface area contributed by atoms with Crippen LogP contribution in [-0.4, -0.2) is 56.4 Å². The van der Waals surface area contributed by atoms with Gasteiger partial charge in [-0.1, -0.05) is 24.6 Å². The third-order valence-corrected chi connectivity index (χ3v) is 6.34. The summed E-state index contributed by atoms with van der Waals surface area (Å²) in [5.74, 6) is -0.285. The number of carbonyl (C=O) groups is 1. The quantitative estimate of drug-likeness (QED) is 0.442. The molecule has 1 amide bonds. The molecule has 0 radical (unpaired) electrons. The highest BCUT2D eigenvalue weighted by atomic mass is 16.3. The van der Waals surface area contributed by atoms with Crippen molar-refractivity contribution in [1.82, 2.24) is 19.9 Å². The van der Waals surface area contributed by atoms with Crippen LogP contribution in [0.5, 0.6) is 0 Å². The summed E-state index contributed by atoms with van der Waals surface area (Å²) in [5, 5.41) is 16.0. The van der Waals surface area contributed by atoms with Crippen molar-refractivity contribution in [2.75, 3.05) is 6.54 Å². The van der Waals surface area contributed by atoms with Crippen molar-refractivity contribution in [2.24, 2.45) is 5.10 Å². The molecule has 168 valence electrons. The van der Waals surface area contributed by atoms with Crippen molar-refractivity contribution in [3.8, 4) is 0 Å². The predicted molar refractivity (Wildman–Crippen MR) is 127 cm³/mol. The Hall–Kier alpha value is -3.03. The van der Waals surface area contributed by atoms with E-state index in [-0.39, 0.29) is 5.91 Å². The molecule has 1 saturated heterocycles. The number of rotatable bonds is 7. The van der Waals surface area contributed by atoms with Crippen LogP contribution in [0.15, 0.2) is 60.1 Å². The molecule has 0 saturated carbocycles. The molecule has 0 aliphatic carbocycles. The summed E-state index contributed by atoms with van der Waals surface area (Å²) in [7, 11) is 0. The fourth-order valence-electron chi connectivity index (χ4n) is 4.62. The highest BCUT2D eigenvalue weighted by molar-refractivity contribution is 6.00. The number of nitrogens with zero attached hydrogens (tertiary/aromatic N) is 4. The lowest BCUT2D eigenvalue weighted by Gasteiger charge is -2.40. The van der Waals surface area contributed by atoms with E-state index in [9.17, 15) is 9.90 Å². The Kier molecular flexibility index (Phi) is 6.97. The van der Waals surface area contributed by atoms with Crippen molar-refractivity contribution in [3.05, 3.63) is 66.1 Å². The molecular formula is C25H31N5O2. The van der Waals surface area contributed by atoms with E-state index >= 15 is 0 Å². The van der Waals surface area contributed by atoms with E-state index in [1.54, 1.807) is 30.7 Å². The van der Waals surface area contributed by atoms with Gasteiger partial charge >= 0.3 is 0 Å². The van der Waals surface area contributed by atoms with Crippen LogP contribution in [0.25, 0.3) is 10.9 Å². The minimum atomic E-state index is -0.468. The number of nitrogens with one attached hydrogen (secondary N) is 1. The van der Waals surface area contributed by atoms with Crippen LogP contribution >= 0.6 is 0 Å². The zero-order valence-corrected chi connectivity index (χ0v) is 18.7. The second-order valence-corrected chi connectivity index (χ2v) is 8.67. The number of hydrogen-bond donors (Lipinski definition) is 2. The van der Waals surface area contributed by atoms with E-state index in [2.05, 4.69) is 38.8 Å². The summed E-state index contributed by atoms with van der Waals surface area (Å²) in [6.07, 6.45) is 9.96. The summed E-state index contributed by atoms with van der Waals surface area (Å²) in [6.45, 7) is 5.68. The number of likely N-dealkylation sites (tertiary alicyclic amines) is 1. The first-order valence-corrected chi connectivity index (χ1v) is 11.3. The Labute approximate surface area is 188 Å². The number of amides is 1. The minimum absolute atomic E-state index is 0.285. The van der Waals surface area contributed by atoms with Gasteiger partial charge in [0.05, 0.1) is 12.3 Å². The minimum Gasteiger partial charge on any atom is -0.390 e. The number of piperidine rings is 1. The van der Waals surface area contributed by atoms with E-state index in [1.807, 2.05) is 30.5 Å². The Morgan fingerprint density at radius 3 is 2.66 bits per heavy atom. The van der Waals surface area contributed by atoms with E-state index in [0.717, 1.165) is 16.5 Å². The van der Waals surface area contributed by atoms with Gasteiger partial charge in [-0.25, -0.2) is 5.43 Å². The number of para-hydroxylation sites is 1. The molecule has 1 fully saturated rings. The monoisotopic (exact) mass is 433 g/mol. The van der Waals surface area contributed by atoms with Crippen molar-refractivity contribution >= 4 is 23.0 Å². The SMILES string of the molecule is C[C@@H]1CCC[C@H](C)N1C[C@H](O)Cn1cc(/C=N\NC(=O)c2ccncc2)c2ccccc21. The molecule has 2 N–H and O–H groups in total. The summed E-state index contributed by atoms with van der Waals surface area (Å²) in [4.78, 5) is 18.5. The third kappa shape index (κ3) is 5.06. The van der Waals surface area contributed by atoms with Crippen molar-refractivity contribution in [3.63, 3.8) is 0 Å². The molecule has 7 heteroatoms. The van der Waals surface area contributed by atoms with Gasteiger partial charge in [0.25, 0.3) is 5.91 Å². The van der Waals surface area contributed by atoms with Gasteiger partial charge in [0.1, 0.15) is 0 Å². The standard InChI is InChI=1S/C25H31N5O2/c1-18-6-5-7-19(2)30(18)17-22(31)16-29-15-21(23-8-3-4-9-24(23)29)14-27-28-25(32)20-10-12-26-13-11-20/h3-4,8-15,18-19,22,31H,5-7,16-17H2,1-2H3,(H,28,32)/b27-14-/t18-,19+,22-/m1/s1. The molecule has 1 aromatic carbocycles. The van der Waals surface area contributed by atoms with Gasteiger partial charge < -0.3 is 9.67 Å². The van der Waals surface area contributed by atoms with E-state index in [4.69, 9.17) is 0 Å². The lowest BCUT2D eigenvalue weighted by Crippen LogP contribution is -2.47. The first kappa shape index (κ1) is 22.2. The van der Waals surface area contributed by atoms with Crippen LogP contribution in [0.3, 0.4) is 0 Å². The van der Waals surface area contributed by atoms with Gasteiger partial charge in [0, 0.05) is 65.8 Å². The molecule has 3 atom stereocenters. The number of hydrogen-bond acceptors (Lipinski definition) is 5. The molecule has 1 aliphatic heterocycles. The topological polar surface area (TPSA) is 82.8 Å². The summed E-state index contributed by atoms with van der Waals surface area (Å²) >= 11 is 0. The molecule has 0 spiro atoms. The fourth-order valence-corrected chi connectivity index (χ4v) is 4.62. The van der Waals surface area contributed by atoms with Crippen molar-refractivity contribution in [1.29, 1.82) is 0 Å². The molecule has 2 aromatic heterocycles.